The summed E-state index contributed by atoms with van der Waals surface area (Å²) in [7, 11) is 3.80. The number of aromatic nitrogens is 3. The molecule has 0 saturated carbocycles. The van der Waals surface area contributed by atoms with Crippen molar-refractivity contribution in [2.75, 3.05) is 19.7 Å². The molecule has 0 spiro atoms. The first-order valence-electron chi connectivity index (χ1n) is 7.47. The van der Waals surface area contributed by atoms with Crippen molar-refractivity contribution in [3.8, 4) is 6.07 Å². The fourth-order valence-corrected chi connectivity index (χ4v) is 3.37. The average Bonchev–Trinajstić information content (AvgIpc) is 3.18. The monoisotopic (exact) mass is 299 g/mol. The van der Waals surface area contributed by atoms with E-state index >= 15 is 0 Å². The number of nitriles is 1. The largest absolute Gasteiger partial charge is 0.396 e. The van der Waals surface area contributed by atoms with E-state index in [1.165, 1.54) is 5.56 Å². The van der Waals surface area contributed by atoms with Gasteiger partial charge in [-0.25, -0.2) is 0 Å². The Bertz CT molecular complexity index is 696. The normalized spacial score (nSPS) is 22.1. The van der Waals surface area contributed by atoms with Crippen LogP contribution in [-0.4, -0.2) is 44.1 Å². The zero-order valence-corrected chi connectivity index (χ0v) is 13.0. The first-order chi connectivity index (χ1) is 10.6. The Hall–Kier alpha value is -2.10. The van der Waals surface area contributed by atoms with E-state index in [0.29, 0.717) is 11.6 Å². The predicted molar refractivity (Wildman–Crippen MR) is 81.9 cm³/mol. The third kappa shape index (κ3) is 2.78. The Morgan fingerprint density at radius 1 is 1.36 bits per heavy atom. The topological polar surface area (TPSA) is 70.0 Å². The minimum absolute atomic E-state index is 0.189. The number of hydrogen-bond acceptors (Lipinski definition) is 4. The van der Waals surface area contributed by atoms with Gasteiger partial charge in [-0.15, -0.1) is 0 Å². The maximum atomic E-state index is 9.67. The highest BCUT2D eigenvalue weighted by atomic mass is 16.3. The molecule has 2 aromatic heterocycles. The van der Waals surface area contributed by atoms with Gasteiger partial charge in [0.1, 0.15) is 11.8 Å². The summed E-state index contributed by atoms with van der Waals surface area (Å²) in [6, 6.07) is 4.13. The summed E-state index contributed by atoms with van der Waals surface area (Å²) in [6.07, 6.45) is 5.93. The molecule has 0 unspecified atom stereocenters. The zero-order valence-electron chi connectivity index (χ0n) is 13.0. The smallest absolute Gasteiger partial charge is 0.120 e. The van der Waals surface area contributed by atoms with Gasteiger partial charge in [-0.1, -0.05) is 0 Å². The molecule has 6 nitrogen and oxygen atoms in total. The van der Waals surface area contributed by atoms with Crippen molar-refractivity contribution in [1.29, 1.82) is 5.26 Å². The number of likely N-dealkylation sites (tertiary alicyclic amines) is 1. The van der Waals surface area contributed by atoms with Crippen LogP contribution >= 0.6 is 0 Å². The summed E-state index contributed by atoms with van der Waals surface area (Å²) < 4.78 is 3.66. The van der Waals surface area contributed by atoms with Gasteiger partial charge in [-0.05, 0) is 17.2 Å². The summed E-state index contributed by atoms with van der Waals surface area (Å²) in [5.74, 6) is 0.557. The molecule has 22 heavy (non-hydrogen) atoms. The lowest BCUT2D eigenvalue weighted by atomic mass is 9.92. The second-order valence-corrected chi connectivity index (χ2v) is 6.15. The number of nitrogens with zero attached hydrogens (tertiary/aromatic N) is 5. The molecule has 0 radical (unpaired) electrons. The zero-order chi connectivity index (χ0) is 15.7. The Morgan fingerprint density at radius 2 is 2.18 bits per heavy atom. The van der Waals surface area contributed by atoms with Crippen molar-refractivity contribution >= 4 is 0 Å². The van der Waals surface area contributed by atoms with Crippen molar-refractivity contribution in [2.45, 2.75) is 12.5 Å². The Morgan fingerprint density at radius 3 is 2.77 bits per heavy atom. The van der Waals surface area contributed by atoms with Crippen LogP contribution in [0.1, 0.15) is 22.7 Å². The van der Waals surface area contributed by atoms with E-state index in [1.807, 2.05) is 48.0 Å². The Kier molecular flexibility index (Phi) is 4.01. The molecule has 1 aliphatic heterocycles. The molecule has 3 rings (SSSR count). The quantitative estimate of drug-likeness (QED) is 0.908. The van der Waals surface area contributed by atoms with Gasteiger partial charge in [-0.2, -0.15) is 10.4 Å². The van der Waals surface area contributed by atoms with E-state index in [1.54, 1.807) is 0 Å². The first-order valence-corrected chi connectivity index (χ1v) is 7.47. The molecule has 1 fully saturated rings. The second kappa shape index (κ2) is 5.95. The van der Waals surface area contributed by atoms with Crippen LogP contribution in [-0.2, 0) is 20.6 Å². The van der Waals surface area contributed by atoms with E-state index in [9.17, 15) is 5.11 Å². The summed E-state index contributed by atoms with van der Waals surface area (Å²) in [5, 5.41) is 23.0. The van der Waals surface area contributed by atoms with Crippen molar-refractivity contribution < 1.29 is 5.11 Å². The molecule has 1 N–H and O–H groups in total. The van der Waals surface area contributed by atoms with Crippen molar-refractivity contribution in [2.24, 2.45) is 20.0 Å². The molecule has 2 atom stereocenters. The van der Waals surface area contributed by atoms with Gasteiger partial charge >= 0.3 is 0 Å². The molecular formula is C16H21N5O. The predicted octanol–water partition coefficient (Wildman–Crippen LogP) is 0.838. The van der Waals surface area contributed by atoms with Gasteiger partial charge < -0.3 is 9.67 Å². The van der Waals surface area contributed by atoms with Crippen LogP contribution in [0.4, 0.5) is 0 Å². The highest BCUT2D eigenvalue weighted by molar-refractivity contribution is 5.28. The van der Waals surface area contributed by atoms with Gasteiger partial charge in [0.25, 0.3) is 0 Å². The van der Waals surface area contributed by atoms with Crippen LogP contribution in [0.5, 0.6) is 0 Å². The molecule has 2 aromatic rings. The lowest BCUT2D eigenvalue weighted by Gasteiger charge is -2.14. The summed E-state index contributed by atoms with van der Waals surface area (Å²) in [5.41, 5.74) is 3.01. The molecule has 0 bridgehead atoms. The van der Waals surface area contributed by atoms with Crippen LogP contribution in [0.25, 0.3) is 0 Å². The van der Waals surface area contributed by atoms with E-state index < -0.39 is 0 Å². The SMILES string of the molecule is Cn1cc([C@@H]2CN(Cc3cc(C#N)n(C)c3)C[C@H]2CO)cn1. The second-order valence-electron chi connectivity index (χ2n) is 6.15. The average molecular weight is 299 g/mol. The number of aliphatic hydroxyl groups is 1. The van der Waals surface area contributed by atoms with E-state index in [2.05, 4.69) is 16.1 Å². The fraction of sp³-hybridized carbons (Fsp3) is 0.500. The minimum Gasteiger partial charge on any atom is -0.396 e. The molecule has 3 heterocycles. The van der Waals surface area contributed by atoms with Crippen LogP contribution in [0.3, 0.4) is 0 Å². The van der Waals surface area contributed by atoms with Gasteiger partial charge in [0.05, 0.1) is 6.20 Å². The maximum absolute atomic E-state index is 9.67. The lowest BCUT2D eigenvalue weighted by molar-refractivity contribution is 0.214. The van der Waals surface area contributed by atoms with E-state index in [4.69, 9.17) is 5.26 Å². The summed E-state index contributed by atoms with van der Waals surface area (Å²) in [6.45, 7) is 2.78. The molecule has 1 saturated heterocycles. The van der Waals surface area contributed by atoms with Crippen LogP contribution < -0.4 is 0 Å². The number of hydrogen-bond donors (Lipinski definition) is 1. The van der Waals surface area contributed by atoms with Crippen LogP contribution in [0, 0.1) is 17.2 Å². The highest BCUT2D eigenvalue weighted by Crippen LogP contribution is 2.33. The molecule has 0 aromatic carbocycles. The third-order valence-electron chi connectivity index (χ3n) is 4.49. The van der Waals surface area contributed by atoms with Gasteiger partial charge in [0.15, 0.2) is 0 Å². The Labute approximate surface area is 130 Å². The fourth-order valence-electron chi connectivity index (χ4n) is 3.37. The minimum atomic E-state index is 0.189. The van der Waals surface area contributed by atoms with E-state index in [0.717, 1.165) is 25.2 Å². The highest BCUT2D eigenvalue weighted by Gasteiger charge is 2.34. The van der Waals surface area contributed by atoms with E-state index in [-0.39, 0.29) is 12.5 Å². The molecule has 0 amide bonds. The number of aliphatic hydroxyl groups excluding tert-OH is 1. The number of aryl methyl sites for hydroxylation is 2. The summed E-state index contributed by atoms with van der Waals surface area (Å²) >= 11 is 0. The molecule has 116 valence electrons. The maximum Gasteiger partial charge on any atom is 0.120 e. The standard InChI is InChI=1S/C16H21N5O/c1-19-6-12(3-15(19)4-17)7-21-9-14(11-22)16(10-21)13-5-18-20(2)8-13/h3,5-6,8,14,16,22H,7,9-11H2,1-2H3/t14-,16-/m0/s1. The van der Waals surface area contributed by atoms with Crippen molar-refractivity contribution in [3.05, 3.63) is 41.5 Å². The van der Waals surface area contributed by atoms with Gasteiger partial charge in [0, 0.05) is 64.6 Å². The lowest BCUT2D eigenvalue weighted by Crippen LogP contribution is -2.20. The van der Waals surface area contributed by atoms with Crippen LogP contribution in [0.15, 0.2) is 24.7 Å². The molecular weight excluding hydrogens is 278 g/mol. The van der Waals surface area contributed by atoms with Crippen molar-refractivity contribution in [1.82, 2.24) is 19.2 Å². The molecule has 0 aliphatic carbocycles. The van der Waals surface area contributed by atoms with Crippen LogP contribution in [0.2, 0.25) is 0 Å². The summed E-state index contributed by atoms with van der Waals surface area (Å²) in [4.78, 5) is 2.34. The number of rotatable bonds is 4. The Balaban J connectivity index is 1.72. The van der Waals surface area contributed by atoms with Gasteiger partial charge in [-0.3, -0.25) is 9.58 Å². The third-order valence-corrected chi connectivity index (χ3v) is 4.49. The van der Waals surface area contributed by atoms with Crippen molar-refractivity contribution in [3.63, 3.8) is 0 Å². The molecule has 1 aliphatic rings. The van der Waals surface area contributed by atoms with Gasteiger partial charge in [0.2, 0.25) is 0 Å². The first kappa shape index (κ1) is 14.8. The molecule has 6 heteroatoms.